The number of nitriles is 1. The van der Waals surface area contributed by atoms with Crippen LogP contribution in [0.5, 0.6) is 0 Å². The van der Waals surface area contributed by atoms with Crippen molar-refractivity contribution in [1.29, 1.82) is 5.26 Å². The minimum atomic E-state index is -1.34. The lowest BCUT2D eigenvalue weighted by Gasteiger charge is -2.13. The van der Waals surface area contributed by atoms with Crippen LogP contribution >= 0.6 is 11.6 Å². The summed E-state index contributed by atoms with van der Waals surface area (Å²) in [7, 11) is 0. The van der Waals surface area contributed by atoms with Gasteiger partial charge in [0.25, 0.3) is 5.91 Å². The summed E-state index contributed by atoms with van der Waals surface area (Å²) in [6, 6.07) is 12.5. The Kier molecular flexibility index (Phi) is 4.70. The molecule has 1 heterocycles. The van der Waals surface area contributed by atoms with E-state index in [0.29, 0.717) is 16.8 Å². The average Bonchev–Trinajstić information content (AvgIpc) is 2.97. The molecule has 3 rings (SSSR count). The molecule has 0 unspecified atom stereocenters. The number of aromatic nitrogens is 1. The van der Waals surface area contributed by atoms with Gasteiger partial charge < -0.3 is 15.0 Å². The Balaban J connectivity index is 1.73. The van der Waals surface area contributed by atoms with Gasteiger partial charge in [0.1, 0.15) is 11.9 Å². The molecule has 1 amide bonds. The van der Waals surface area contributed by atoms with Crippen LogP contribution in [-0.4, -0.2) is 21.7 Å². The van der Waals surface area contributed by atoms with Crippen molar-refractivity contribution in [3.05, 3.63) is 65.1 Å². The Labute approximate surface area is 147 Å². The fourth-order valence-corrected chi connectivity index (χ4v) is 2.72. The first kappa shape index (κ1) is 17.0. The zero-order valence-electron chi connectivity index (χ0n) is 12.9. The molecule has 0 aliphatic heterocycles. The van der Waals surface area contributed by atoms with Gasteiger partial charge in [-0.25, -0.2) is 4.39 Å². The number of carbonyl (C=O) groups excluding carboxylic acids is 1. The van der Waals surface area contributed by atoms with Crippen LogP contribution in [0.3, 0.4) is 0 Å². The smallest absolute Gasteiger partial charge is 0.255 e. The SMILES string of the molecule is N#Cc1ccc(NC(=O)[C@@H](O)Cn2ccc3ccc(F)cc32)cc1Cl. The van der Waals surface area contributed by atoms with Crippen molar-refractivity contribution in [2.75, 3.05) is 5.32 Å². The predicted octanol–water partition coefficient (Wildman–Crippen LogP) is 3.31. The first-order valence-corrected chi connectivity index (χ1v) is 7.78. The maximum Gasteiger partial charge on any atom is 0.255 e. The van der Waals surface area contributed by atoms with Gasteiger partial charge in [0, 0.05) is 11.9 Å². The maximum absolute atomic E-state index is 13.4. The highest BCUT2D eigenvalue weighted by atomic mass is 35.5. The second-order valence-corrected chi connectivity index (χ2v) is 5.89. The van der Waals surface area contributed by atoms with Gasteiger partial charge in [-0.2, -0.15) is 5.26 Å². The van der Waals surface area contributed by atoms with Crippen LogP contribution in [0.1, 0.15) is 5.56 Å². The average molecular weight is 358 g/mol. The van der Waals surface area contributed by atoms with Crippen LogP contribution < -0.4 is 5.32 Å². The number of fused-ring (bicyclic) bond motifs is 1. The fraction of sp³-hybridized carbons (Fsp3) is 0.111. The number of benzene rings is 2. The molecule has 7 heteroatoms. The molecule has 0 radical (unpaired) electrons. The van der Waals surface area contributed by atoms with Crippen LogP contribution in [0.4, 0.5) is 10.1 Å². The molecular formula is C18H13ClFN3O2. The molecule has 0 fully saturated rings. The van der Waals surface area contributed by atoms with E-state index in [2.05, 4.69) is 5.32 Å². The van der Waals surface area contributed by atoms with Gasteiger partial charge in [-0.15, -0.1) is 0 Å². The zero-order chi connectivity index (χ0) is 18.0. The predicted molar refractivity (Wildman–Crippen MR) is 92.7 cm³/mol. The molecule has 1 aromatic heterocycles. The summed E-state index contributed by atoms with van der Waals surface area (Å²) in [5.41, 5.74) is 1.26. The number of nitrogens with one attached hydrogen (secondary N) is 1. The fourth-order valence-electron chi connectivity index (χ4n) is 2.49. The maximum atomic E-state index is 13.4. The van der Waals surface area contributed by atoms with Crippen molar-refractivity contribution >= 4 is 34.1 Å². The van der Waals surface area contributed by atoms with Gasteiger partial charge in [0.05, 0.1) is 22.6 Å². The van der Waals surface area contributed by atoms with Crippen molar-refractivity contribution in [3.8, 4) is 6.07 Å². The standard InChI is InChI=1S/C18H13ClFN3O2/c19-15-8-14(4-2-12(15)9-21)22-18(25)17(24)10-23-6-5-11-1-3-13(20)7-16(11)23/h1-8,17,24H,10H2,(H,22,25)/t17-/m0/s1. The third kappa shape index (κ3) is 3.63. The quantitative estimate of drug-likeness (QED) is 0.752. The minimum absolute atomic E-state index is 0.0250. The van der Waals surface area contributed by atoms with Crippen molar-refractivity contribution in [3.63, 3.8) is 0 Å². The van der Waals surface area contributed by atoms with Gasteiger partial charge in [-0.1, -0.05) is 11.6 Å². The molecule has 126 valence electrons. The number of carbonyl (C=O) groups is 1. The molecule has 2 N–H and O–H groups in total. The largest absolute Gasteiger partial charge is 0.381 e. The third-order valence-corrected chi connectivity index (χ3v) is 4.08. The van der Waals surface area contributed by atoms with E-state index in [9.17, 15) is 14.3 Å². The van der Waals surface area contributed by atoms with Crippen LogP contribution in [0.25, 0.3) is 10.9 Å². The highest BCUT2D eigenvalue weighted by molar-refractivity contribution is 6.32. The number of hydrogen-bond acceptors (Lipinski definition) is 3. The lowest BCUT2D eigenvalue weighted by atomic mass is 10.2. The monoisotopic (exact) mass is 357 g/mol. The molecule has 0 saturated heterocycles. The lowest BCUT2D eigenvalue weighted by Crippen LogP contribution is -2.31. The Morgan fingerprint density at radius 3 is 2.84 bits per heavy atom. The molecular weight excluding hydrogens is 345 g/mol. The van der Waals surface area contributed by atoms with Crippen LogP contribution in [-0.2, 0) is 11.3 Å². The van der Waals surface area contributed by atoms with Crippen LogP contribution in [0.15, 0.2) is 48.7 Å². The molecule has 0 aliphatic rings. The van der Waals surface area contributed by atoms with Crippen molar-refractivity contribution in [2.45, 2.75) is 12.6 Å². The van der Waals surface area contributed by atoms with Gasteiger partial charge in [-0.3, -0.25) is 4.79 Å². The van der Waals surface area contributed by atoms with Crippen molar-refractivity contribution in [2.24, 2.45) is 0 Å². The second kappa shape index (κ2) is 6.93. The Hall–Kier alpha value is -2.88. The summed E-state index contributed by atoms with van der Waals surface area (Å²) in [4.78, 5) is 12.2. The van der Waals surface area contributed by atoms with E-state index in [0.717, 1.165) is 5.39 Å². The number of hydrogen-bond donors (Lipinski definition) is 2. The lowest BCUT2D eigenvalue weighted by molar-refractivity contribution is -0.124. The van der Waals surface area contributed by atoms with Gasteiger partial charge in [0.2, 0.25) is 0 Å². The highest BCUT2D eigenvalue weighted by Gasteiger charge is 2.17. The van der Waals surface area contributed by atoms with Gasteiger partial charge in [-0.05, 0) is 47.9 Å². The molecule has 0 aliphatic carbocycles. The molecule has 3 aromatic rings. The number of rotatable bonds is 4. The molecule has 0 spiro atoms. The van der Waals surface area contributed by atoms with E-state index in [4.69, 9.17) is 16.9 Å². The number of aliphatic hydroxyl groups is 1. The summed E-state index contributed by atoms with van der Waals surface area (Å²) in [5.74, 6) is -1.02. The van der Waals surface area contributed by atoms with E-state index in [-0.39, 0.29) is 11.6 Å². The first-order valence-electron chi connectivity index (χ1n) is 7.41. The Morgan fingerprint density at radius 1 is 1.32 bits per heavy atom. The number of aliphatic hydroxyl groups excluding tert-OH is 1. The summed E-state index contributed by atoms with van der Waals surface area (Å²) in [6.45, 7) is -0.0250. The molecule has 0 saturated carbocycles. The number of halogens is 2. The minimum Gasteiger partial charge on any atom is -0.381 e. The number of amides is 1. The van der Waals surface area contributed by atoms with Gasteiger partial charge in [0.15, 0.2) is 6.10 Å². The van der Waals surface area contributed by atoms with Crippen molar-refractivity contribution in [1.82, 2.24) is 4.57 Å². The summed E-state index contributed by atoms with van der Waals surface area (Å²) in [5, 5.41) is 22.5. The van der Waals surface area contributed by atoms with E-state index in [1.165, 1.54) is 30.3 Å². The zero-order valence-corrected chi connectivity index (χ0v) is 13.7. The van der Waals surface area contributed by atoms with E-state index in [1.54, 1.807) is 22.9 Å². The summed E-state index contributed by atoms with van der Waals surface area (Å²) in [6.07, 6.45) is 0.340. The van der Waals surface area contributed by atoms with E-state index < -0.39 is 17.8 Å². The highest BCUT2D eigenvalue weighted by Crippen LogP contribution is 2.21. The topological polar surface area (TPSA) is 78.1 Å². The number of nitrogens with zero attached hydrogens (tertiary/aromatic N) is 2. The first-order chi connectivity index (χ1) is 12.0. The summed E-state index contributed by atoms with van der Waals surface area (Å²) >= 11 is 5.91. The number of anilines is 1. The Morgan fingerprint density at radius 2 is 2.12 bits per heavy atom. The van der Waals surface area contributed by atoms with Crippen molar-refractivity contribution < 1.29 is 14.3 Å². The third-order valence-electron chi connectivity index (χ3n) is 3.77. The summed E-state index contributed by atoms with van der Waals surface area (Å²) < 4.78 is 15.0. The molecule has 25 heavy (non-hydrogen) atoms. The van der Waals surface area contributed by atoms with E-state index >= 15 is 0 Å². The molecule has 5 nitrogen and oxygen atoms in total. The second-order valence-electron chi connectivity index (χ2n) is 5.48. The molecule has 1 atom stereocenters. The van der Waals surface area contributed by atoms with Crippen LogP contribution in [0, 0.1) is 17.1 Å². The Bertz CT molecular complexity index is 994. The van der Waals surface area contributed by atoms with Crippen LogP contribution in [0.2, 0.25) is 5.02 Å². The van der Waals surface area contributed by atoms with Gasteiger partial charge >= 0.3 is 0 Å². The molecule has 2 aromatic carbocycles. The van der Waals surface area contributed by atoms with E-state index in [1.807, 2.05) is 6.07 Å². The normalized spacial score (nSPS) is 11.9. The molecule has 0 bridgehead atoms.